The second-order valence-electron chi connectivity index (χ2n) is 7.99. The van der Waals surface area contributed by atoms with Crippen molar-refractivity contribution in [3.63, 3.8) is 0 Å². The van der Waals surface area contributed by atoms with Gasteiger partial charge in [0.15, 0.2) is 0 Å². The number of aromatic nitrogens is 2. The third-order valence-corrected chi connectivity index (χ3v) is 4.52. The number of aromatic amines is 1. The number of carbonyl (C=O) groups excluding carboxylic acids is 1. The van der Waals surface area contributed by atoms with Crippen molar-refractivity contribution in [1.82, 2.24) is 14.5 Å². The zero-order chi connectivity index (χ0) is 18.2. The number of hydrogen-bond acceptors (Lipinski definition) is 3. The first-order valence-electron chi connectivity index (χ1n) is 8.89. The molecule has 1 N–H and O–H groups in total. The Balaban J connectivity index is 1.73. The summed E-state index contributed by atoms with van der Waals surface area (Å²) in [4.78, 5) is 29.3. The molecule has 1 fully saturated rings. The molecule has 0 radical (unpaired) electrons. The number of fused-ring (bicyclic) bond motifs is 1. The minimum atomic E-state index is -0.480. The summed E-state index contributed by atoms with van der Waals surface area (Å²) in [6, 6.07) is 3.97. The van der Waals surface area contributed by atoms with Crippen LogP contribution < -0.4 is 5.56 Å². The second kappa shape index (κ2) is 6.58. The molecule has 2 aromatic rings. The number of H-pyrrole nitrogens is 1. The molecule has 0 spiro atoms. The molecule has 1 atom stereocenters. The van der Waals surface area contributed by atoms with Crippen molar-refractivity contribution in [1.29, 1.82) is 0 Å². The number of rotatable bonds is 2. The SMILES string of the molecule is Cc1cc2ccn(CC3CCCN(C(=O)OC(C)(C)C)C3)c2c(=O)[nH]1. The molecule has 1 aliphatic rings. The largest absolute Gasteiger partial charge is 0.444 e. The lowest BCUT2D eigenvalue weighted by Gasteiger charge is -2.34. The summed E-state index contributed by atoms with van der Waals surface area (Å²) < 4.78 is 7.50. The molecule has 3 rings (SSSR count). The van der Waals surface area contributed by atoms with Crippen LogP contribution in [-0.2, 0) is 11.3 Å². The van der Waals surface area contributed by atoms with Crippen LogP contribution >= 0.6 is 0 Å². The fraction of sp³-hybridized carbons (Fsp3) is 0.579. The molecular formula is C19H27N3O3. The molecule has 1 saturated heterocycles. The van der Waals surface area contributed by atoms with Crippen LogP contribution in [0, 0.1) is 12.8 Å². The molecule has 1 aliphatic heterocycles. The highest BCUT2D eigenvalue weighted by atomic mass is 16.6. The Bertz CT molecular complexity index is 829. The molecule has 3 heterocycles. The number of hydrogen-bond donors (Lipinski definition) is 1. The van der Waals surface area contributed by atoms with Crippen LogP contribution in [0.2, 0.25) is 0 Å². The van der Waals surface area contributed by atoms with Crippen LogP contribution in [0.25, 0.3) is 10.9 Å². The molecule has 6 heteroatoms. The van der Waals surface area contributed by atoms with E-state index >= 15 is 0 Å². The molecule has 1 amide bonds. The summed E-state index contributed by atoms with van der Waals surface area (Å²) in [6.07, 6.45) is 3.72. The van der Waals surface area contributed by atoms with E-state index in [0.29, 0.717) is 18.0 Å². The predicted octanol–water partition coefficient (Wildman–Crippen LogP) is 3.29. The van der Waals surface area contributed by atoms with Gasteiger partial charge in [-0.25, -0.2) is 4.79 Å². The molecular weight excluding hydrogens is 318 g/mol. The van der Waals surface area contributed by atoms with Crippen molar-refractivity contribution in [3.05, 3.63) is 34.4 Å². The van der Waals surface area contributed by atoms with E-state index in [1.165, 1.54) is 0 Å². The molecule has 0 bridgehead atoms. The number of likely N-dealkylation sites (tertiary alicyclic amines) is 1. The van der Waals surface area contributed by atoms with Gasteiger partial charge in [-0.05, 0) is 58.6 Å². The lowest BCUT2D eigenvalue weighted by molar-refractivity contribution is 0.0158. The lowest BCUT2D eigenvalue weighted by atomic mass is 9.98. The molecule has 136 valence electrons. The van der Waals surface area contributed by atoms with E-state index in [2.05, 4.69) is 4.98 Å². The van der Waals surface area contributed by atoms with Crippen molar-refractivity contribution >= 4 is 17.0 Å². The second-order valence-corrected chi connectivity index (χ2v) is 7.99. The maximum atomic E-state index is 12.3. The molecule has 2 aromatic heterocycles. The normalized spacial score (nSPS) is 18.6. The molecule has 0 aromatic carbocycles. The highest BCUT2D eigenvalue weighted by Crippen LogP contribution is 2.22. The monoisotopic (exact) mass is 345 g/mol. The van der Waals surface area contributed by atoms with E-state index in [0.717, 1.165) is 37.0 Å². The summed E-state index contributed by atoms with van der Waals surface area (Å²) in [5.74, 6) is 0.317. The fourth-order valence-electron chi connectivity index (χ4n) is 3.51. The molecule has 6 nitrogen and oxygen atoms in total. The number of ether oxygens (including phenoxy) is 1. The van der Waals surface area contributed by atoms with E-state index in [1.807, 2.05) is 50.6 Å². The number of nitrogens with one attached hydrogen (secondary N) is 1. The minimum Gasteiger partial charge on any atom is -0.444 e. The number of nitrogens with zero attached hydrogens (tertiary/aromatic N) is 2. The van der Waals surface area contributed by atoms with Gasteiger partial charge in [0.1, 0.15) is 11.1 Å². The van der Waals surface area contributed by atoms with Gasteiger partial charge in [0.05, 0.1) is 0 Å². The average molecular weight is 345 g/mol. The molecule has 0 aliphatic carbocycles. The van der Waals surface area contributed by atoms with Crippen molar-refractivity contribution < 1.29 is 9.53 Å². The first-order chi connectivity index (χ1) is 11.7. The Kier molecular flexibility index (Phi) is 4.62. The number of aryl methyl sites for hydroxylation is 1. The smallest absolute Gasteiger partial charge is 0.410 e. The van der Waals surface area contributed by atoms with Gasteiger partial charge < -0.3 is 19.2 Å². The molecule has 0 saturated carbocycles. The predicted molar refractivity (Wildman–Crippen MR) is 97.8 cm³/mol. The van der Waals surface area contributed by atoms with Gasteiger partial charge in [-0.1, -0.05) is 0 Å². The van der Waals surface area contributed by atoms with E-state index < -0.39 is 5.60 Å². The maximum absolute atomic E-state index is 12.3. The number of piperidine rings is 1. The van der Waals surface area contributed by atoms with Gasteiger partial charge in [0.25, 0.3) is 5.56 Å². The third kappa shape index (κ3) is 4.06. The van der Waals surface area contributed by atoms with Crippen molar-refractivity contribution in [2.45, 2.75) is 52.7 Å². The number of amides is 1. The van der Waals surface area contributed by atoms with E-state index in [4.69, 9.17) is 4.74 Å². The summed E-state index contributed by atoms with van der Waals surface area (Å²) in [6.45, 7) is 9.66. The highest BCUT2D eigenvalue weighted by Gasteiger charge is 2.28. The van der Waals surface area contributed by atoms with Gasteiger partial charge in [-0.3, -0.25) is 4.79 Å². The van der Waals surface area contributed by atoms with Gasteiger partial charge in [0, 0.05) is 36.9 Å². The Morgan fingerprint density at radius 1 is 1.40 bits per heavy atom. The van der Waals surface area contributed by atoms with Gasteiger partial charge >= 0.3 is 6.09 Å². The Labute approximate surface area is 147 Å². The lowest BCUT2D eigenvalue weighted by Crippen LogP contribution is -2.43. The van der Waals surface area contributed by atoms with Gasteiger partial charge in [0.2, 0.25) is 0 Å². The fourth-order valence-corrected chi connectivity index (χ4v) is 3.51. The first-order valence-corrected chi connectivity index (χ1v) is 8.89. The summed E-state index contributed by atoms with van der Waals surface area (Å²) >= 11 is 0. The zero-order valence-electron chi connectivity index (χ0n) is 15.5. The maximum Gasteiger partial charge on any atom is 0.410 e. The van der Waals surface area contributed by atoms with Crippen LogP contribution in [0.3, 0.4) is 0 Å². The van der Waals surface area contributed by atoms with Crippen LogP contribution in [-0.4, -0.2) is 39.2 Å². The van der Waals surface area contributed by atoms with Crippen molar-refractivity contribution in [3.8, 4) is 0 Å². The Morgan fingerprint density at radius 2 is 2.16 bits per heavy atom. The van der Waals surface area contributed by atoms with E-state index in [9.17, 15) is 9.59 Å². The van der Waals surface area contributed by atoms with Crippen LogP contribution in [0.5, 0.6) is 0 Å². The van der Waals surface area contributed by atoms with Gasteiger partial charge in [-0.15, -0.1) is 0 Å². The van der Waals surface area contributed by atoms with Crippen LogP contribution in [0.15, 0.2) is 23.1 Å². The van der Waals surface area contributed by atoms with E-state index in [-0.39, 0.29) is 11.7 Å². The summed E-state index contributed by atoms with van der Waals surface area (Å²) in [5.41, 5.74) is 1.04. The van der Waals surface area contributed by atoms with Crippen molar-refractivity contribution in [2.24, 2.45) is 5.92 Å². The third-order valence-electron chi connectivity index (χ3n) is 4.52. The summed E-state index contributed by atoms with van der Waals surface area (Å²) in [7, 11) is 0. The first kappa shape index (κ1) is 17.6. The molecule has 25 heavy (non-hydrogen) atoms. The molecule has 1 unspecified atom stereocenters. The van der Waals surface area contributed by atoms with Gasteiger partial charge in [-0.2, -0.15) is 0 Å². The zero-order valence-corrected chi connectivity index (χ0v) is 15.5. The minimum absolute atomic E-state index is 0.0557. The topological polar surface area (TPSA) is 67.3 Å². The van der Waals surface area contributed by atoms with Crippen LogP contribution in [0.1, 0.15) is 39.3 Å². The highest BCUT2D eigenvalue weighted by molar-refractivity contribution is 5.79. The standard InChI is InChI=1S/C19H27N3O3/c1-13-10-15-7-9-21(16(15)17(23)20-13)11-14-6-5-8-22(12-14)18(24)25-19(2,3)4/h7,9-10,14H,5-6,8,11-12H2,1-4H3,(H,20,23). The van der Waals surface area contributed by atoms with Crippen molar-refractivity contribution in [2.75, 3.05) is 13.1 Å². The number of carbonyl (C=O) groups is 1. The summed E-state index contributed by atoms with van der Waals surface area (Å²) in [5, 5.41) is 0.959. The van der Waals surface area contributed by atoms with E-state index in [1.54, 1.807) is 4.90 Å². The average Bonchev–Trinajstić information content (AvgIpc) is 2.88. The number of pyridine rings is 1. The Hall–Kier alpha value is -2.24. The quantitative estimate of drug-likeness (QED) is 0.908. The Morgan fingerprint density at radius 3 is 2.88 bits per heavy atom. The van der Waals surface area contributed by atoms with Crippen LogP contribution in [0.4, 0.5) is 4.79 Å².